The number of carbonyl (C=O) groups excluding carboxylic acids is 2. The summed E-state index contributed by atoms with van der Waals surface area (Å²) in [6, 6.07) is 3.42. The normalized spacial score (nSPS) is 14.4. The topological polar surface area (TPSA) is 68.8 Å². The highest BCUT2D eigenvalue weighted by Gasteiger charge is 2.36. The van der Waals surface area contributed by atoms with E-state index in [9.17, 15) is 9.59 Å². The number of anilines is 2. The second-order valence-electron chi connectivity index (χ2n) is 5.37. The van der Waals surface area contributed by atoms with E-state index in [1.54, 1.807) is 17.3 Å². The van der Waals surface area contributed by atoms with E-state index in [0.29, 0.717) is 24.6 Å². The predicted molar refractivity (Wildman–Crippen MR) is 85.7 cm³/mol. The highest BCUT2D eigenvalue weighted by molar-refractivity contribution is 6.03. The molecule has 0 spiro atoms. The van der Waals surface area contributed by atoms with Gasteiger partial charge in [0.1, 0.15) is 6.54 Å². The predicted octanol–water partition coefficient (Wildman–Crippen LogP) is 1.61. The van der Waals surface area contributed by atoms with Gasteiger partial charge in [0.15, 0.2) is 5.82 Å². The minimum absolute atomic E-state index is 0.0102. The lowest BCUT2D eigenvalue weighted by molar-refractivity contribution is -0.120. The third kappa shape index (κ3) is 2.98. The van der Waals surface area contributed by atoms with Crippen LogP contribution < -0.4 is 15.2 Å². The summed E-state index contributed by atoms with van der Waals surface area (Å²) in [7, 11) is 0. The van der Waals surface area contributed by atoms with Crippen molar-refractivity contribution in [2.45, 2.75) is 33.7 Å². The largest absolute Gasteiger partial charge is 0.352 e. The Labute approximate surface area is 130 Å². The first-order valence-corrected chi connectivity index (χ1v) is 7.60. The van der Waals surface area contributed by atoms with Crippen molar-refractivity contribution in [3.63, 3.8) is 0 Å². The summed E-state index contributed by atoms with van der Waals surface area (Å²) in [5.74, 6) is 0.517. The minimum atomic E-state index is -0.205. The highest BCUT2D eigenvalue weighted by atomic mass is 16.2. The van der Waals surface area contributed by atoms with Crippen LogP contribution in [0.5, 0.6) is 0 Å². The number of urea groups is 1. The molecule has 0 unspecified atom stereocenters. The first kappa shape index (κ1) is 16.1. The smallest absolute Gasteiger partial charge is 0.343 e. The average molecular weight is 305 g/mol. The van der Waals surface area contributed by atoms with E-state index >= 15 is 0 Å². The zero-order valence-corrected chi connectivity index (χ0v) is 13.5. The number of pyridine rings is 1. The van der Waals surface area contributed by atoms with Crippen molar-refractivity contribution in [1.29, 1.82) is 0 Å². The maximum atomic E-state index is 12.7. The molecule has 0 fully saturated rings. The Kier molecular flexibility index (Phi) is 4.85. The van der Waals surface area contributed by atoms with Crippen molar-refractivity contribution in [2.75, 3.05) is 29.5 Å². The van der Waals surface area contributed by atoms with E-state index < -0.39 is 0 Å². The fourth-order valence-corrected chi connectivity index (χ4v) is 2.55. The van der Waals surface area contributed by atoms with Crippen LogP contribution in [0.2, 0.25) is 0 Å². The molecule has 0 saturated heterocycles. The lowest BCUT2D eigenvalue weighted by Crippen LogP contribution is -2.58. The lowest BCUT2D eigenvalue weighted by Gasteiger charge is -2.43. The first-order valence-electron chi connectivity index (χ1n) is 7.60. The van der Waals surface area contributed by atoms with Crippen LogP contribution in [0.1, 0.15) is 27.7 Å². The number of nitrogens with zero attached hydrogens (tertiary/aromatic N) is 4. The number of hydrazine groups is 1. The van der Waals surface area contributed by atoms with Gasteiger partial charge in [-0.25, -0.2) is 14.8 Å². The Bertz CT molecular complexity index is 561. The fraction of sp³-hybridized carbons (Fsp3) is 0.533. The number of rotatable bonds is 5. The number of aromatic nitrogens is 1. The van der Waals surface area contributed by atoms with Gasteiger partial charge in [-0.2, -0.15) is 0 Å². The SMILES string of the molecule is CCN1C(=O)N(CC(=O)NC(C)C)c2cccnc2N1CC. The van der Waals surface area contributed by atoms with Crippen molar-refractivity contribution in [2.24, 2.45) is 0 Å². The Morgan fingerprint density at radius 1 is 1.27 bits per heavy atom. The first-order chi connectivity index (χ1) is 10.5. The van der Waals surface area contributed by atoms with Gasteiger partial charge < -0.3 is 5.32 Å². The summed E-state index contributed by atoms with van der Waals surface area (Å²) in [5, 5.41) is 6.26. The summed E-state index contributed by atoms with van der Waals surface area (Å²) >= 11 is 0. The Hall–Kier alpha value is -2.31. The van der Waals surface area contributed by atoms with Crippen molar-refractivity contribution in [3.8, 4) is 0 Å². The van der Waals surface area contributed by atoms with Gasteiger partial charge in [-0.05, 0) is 39.8 Å². The van der Waals surface area contributed by atoms with Crippen molar-refractivity contribution < 1.29 is 9.59 Å². The molecule has 0 atom stereocenters. The van der Waals surface area contributed by atoms with Gasteiger partial charge in [0, 0.05) is 25.3 Å². The summed E-state index contributed by atoms with van der Waals surface area (Å²) in [6.07, 6.45) is 1.69. The molecule has 2 rings (SSSR count). The van der Waals surface area contributed by atoms with E-state index in [2.05, 4.69) is 10.3 Å². The van der Waals surface area contributed by atoms with Gasteiger partial charge in [-0.3, -0.25) is 14.7 Å². The zero-order chi connectivity index (χ0) is 16.3. The van der Waals surface area contributed by atoms with Crippen LogP contribution in [0.25, 0.3) is 0 Å². The third-order valence-electron chi connectivity index (χ3n) is 3.39. The third-order valence-corrected chi connectivity index (χ3v) is 3.39. The maximum Gasteiger partial charge on any atom is 0.343 e. The monoisotopic (exact) mass is 305 g/mol. The van der Waals surface area contributed by atoms with Crippen molar-refractivity contribution >= 4 is 23.4 Å². The minimum Gasteiger partial charge on any atom is -0.352 e. The van der Waals surface area contributed by atoms with Gasteiger partial charge in [0.25, 0.3) is 0 Å². The van der Waals surface area contributed by atoms with Crippen LogP contribution in [0.15, 0.2) is 18.3 Å². The molecule has 1 aromatic heterocycles. The molecule has 1 aliphatic rings. The molecule has 1 N–H and O–H groups in total. The molecule has 0 bridgehead atoms. The second kappa shape index (κ2) is 6.64. The standard InChI is InChI=1S/C15H23N5O2/c1-5-19-14-12(8-7-9-16-14)18(15(22)20(19)6-2)10-13(21)17-11(3)4/h7-9,11H,5-6,10H2,1-4H3,(H,17,21). The molecule has 1 aromatic rings. The number of amides is 3. The molecule has 0 saturated carbocycles. The van der Waals surface area contributed by atoms with E-state index in [1.807, 2.05) is 38.8 Å². The quantitative estimate of drug-likeness (QED) is 0.897. The number of nitrogens with one attached hydrogen (secondary N) is 1. The lowest BCUT2D eigenvalue weighted by atomic mass is 10.2. The Balaban J connectivity index is 2.36. The van der Waals surface area contributed by atoms with Crippen molar-refractivity contribution in [1.82, 2.24) is 15.3 Å². The Morgan fingerprint density at radius 2 is 1.95 bits per heavy atom. The zero-order valence-electron chi connectivity index (χ0n) is 13.5. The molecule has 3 amide bonds. The van der Waals surface area contributed by atoms with Crippen LogP contribution in [0, 0.1) is 0 Å². The molecule has 120 valence electrons. The molecule has 22 heavy (non-hydrogen) atoms. The second-order valence-corrected chi connectivity index (χ2v) is 5.37. The van der Waals surface area contributed by atoms with Crippen LogP contribution in [-0.2, 0) is 4.79 Å². The van der Waals surface area contributed by atoms with Crippen LogP contribution in [0.3, 0.4) is 0 Å². The molecular formula is C15H23N5O2. The van der Waals surface area contributed by atoms with Gasteiger partial charge >= 0.3 is 6.03 Å². The van der Waals surface area contributed by atoms with Crippen molar-refractivity contribution in [3.05, 3.63) is 18.3 Å². The van der Waals surface area contributed by atoms with E-state index in [4.69, 9.17) is 0 Å². The molecule has 1 aliphatic heterocycles. The molecule has 7 nitrogen and oxygen atoms in total. The summed E-state index contributed by atoms with van der Waals surface area (Å²) < 4.78 is 0. The molecule has 0 radical (unpaired) electrons. The van der Waals surface area contributed by atoms with Gasteiger partial charge in [-0.15, -0.1) is 0 Å². The Morgan fingerprint density at radius 3 is 2.55 bits per heavy atom. The molecule has 0 aliphatic carbocycles. The van der Waals surface area contributed by atoms with E-state index in [-0.39, 0.29) is 24.5 Å². The number of hydrogen-bond donors (Lipinski definition) is 1. The maximum absolute atomic E-state index is 12.7. The number of hydrogen-bond acceptors (Lipinski definition) is 4. The fourth-order valence-electron chi connectivity index (χ4n) is 2.55. The number of fused-ring (bicyclic) bond motifs is 1. The van der Waals surface area contributed by atoms with E-state index in [1.165, 1.54) is 4.90 Å². The van der Waals surface area contributed by atoms with Gasteiger partial charge in [0.2, 0.25) is 5.91 Å². The molecule has 7 heteroatoms. The summed E-state index contributed by atoms with van der Waals surface area (Å²) in [6.45, 7) is 8.80. The van der Waals surface area contributed by atoms with Crippen LogP contribution in [-0.4, -0.2) is 47.6 Å². The molecule has 2 heterocycles. The molecular weight excluding hydrogens is 282 g/mol. The number of carbonyl (C=O) groups is 2. The molecule has 0 aromatic carbocycles. The van der Waals surface area contributed by atoms with Gasteiger partial charge in [0.05, 0.1) is 5.69 Å². The van der Waals surface area contributed by atoms with Crippen LogP contribution in [0.4, 0.5) is 16.3 Å². The van der Waals surface area contributed by atoms with Gasteiger partial charge in [-0.1, -0.05) is 0 Å². The van der Waals surface area contributed by atoms with Crippen LogP contribution >= 0.6 is 0 Å². The average Bonchev–Trinajstić information content (AvgIpc) is 2.48. The van der Waals surface area contributed by atoms with E-state index in [0.717, 1.165) is 0 Å². The summed E-state index contributed by atoms with van der Waals surface area (Å²) in [4.78, 5) is 30.6. The highest BCUT2D eigenvalue weighted by Crippen LogP contribution is 2.33. The summed E-state index contributed by atoms with van der Waals surface area (Å²) in [5.41, 5.74) is 0.665.